The highest BCUT2D eigenvalue weighted by atomic mass is 32.2. The lowest BCUT2D eigenvalue weighted by molar-refractivity contribution is -0.120. The third kappa shape index (κ3) is 4.08. The maximum Gasteiger partial charge on any atom is 0.233 e. The molecule has 1 amide bonds. The van der Waals surface area contributed by atoms with Crippen molar-refractivity contribution in [3.63, 3.8) is 0 Å². The lowest BCUT2D eigenvalue weighted by atomic mass is 10.2. The Morgan fingerprint density at radius 1 is 1.32 bits per heavy atom. The highest BCUT2D eigenvalue weighted by Gasteiger charge is 2.19. The molecule has 3 rings (SSSR count). The van der Waals surface area contributed by atoms with Crippen LogP contribution < -0.4 is 5.32 Å². The van der Waals surface area contributed by atoms with Crippen LogP contribution in [-0.2, 0) is 18.4 Å². The number of carbonyl (C=O) groups excluding carboxylic acids is 1. The fraction of sp³-hybridized carbons (Fsp3) is 0.235. The summed E-state index contributed by atoms with van der Waals surface area (Å²) in [4.78, 5) is 12.2. The lowest BCUT2D eigenvalue weighted by Gasteiger charge is -2.11. The number of hydrogen-bond acceptors (Lipinski definition) is 5. The molecule has 1 aromatic carbocycles. The zero-order valence-corrected chi connectivity index (χ0v) is 14.6. The van der Waals surface area contributed by atoms with Crippen LogP contribution in [0, 0.1) is 5.82 Å². The van der Waals surface area contributed by atoms with E-state index in [9.17, 15) is 9.18 Å². The third-order valence-electron chi connectivity index (χ3n) is 3.61. The van der Waals surface area contributed by atoms with Gasteiger partial charge in [-0.3, -0.25) is 4.79 Å². The number of rotatable bonds is 6. The number of halogens is 1. The molecule has 0 unspecified atom stereocenters. The first-order valence-electron chi connectivity index (χ1n) is 7.66. The molecule has 6 nitrogen and oxygen atoms in total. The number of thioether (sulfide) groups is 1. The van der Waals surface area contributed by atoms with Gasteiger partial charge >= 0.3 is 0 Å². The topological polar surface area (TPSA) is 73.0 Å². The summed E-state index contributed by atoms with van der Waals surface area (Å²) in [6.07, 6.45) is 1.57. The number of benzene rings is 1. The number of furan rings is 1. The van der Waals surface area contributed by atoms with Gasteiger partial charge in [0.2, 0.25) is 5.91 Å². The number of nitrogens with zero attached hydrogens (tertiary/aromatic N) is 3. The quantitative estimate of drug-likeness (QED) is 0.684. The minimum atomic E-state index is -0.348. The van der Waals surface area contributed by atoms with Gasteiger partial charge in [-0.2, -0.15) is 0 Å². The largest absolute Gasteiger partial charge is 0.467 e. The average Bonchev–Trinajstić information content (AvgIpc) is 3.24. The number of aromatic nitrogens is 3. The second-order valence-corrected chi connectivity index (χ2v) is 6.74. The zero-order chi connectivity index (χ0) is 17.8. The van der Waals surface area contributed by atoms with Gasteiger partial charge in [0.15, 0.2) is 11.0 Å². The molecular weight excluding hydrogens is 343 g/mol. The summed E-state index contributed by atoms with van der Waals surface area (Å²) in [5, 5.41) is 11.3. The van der Waals surface area contributed by atoms with Gasteiger partial charge in [0.1, 0.15) is 11.6 Å². The van der Waals surface area contributed by atoms with Gasteiger partial charge in [0.25, 0.3) is 0 Å². The predicted octanol–water partition coefficient (Wildman–Crippen LogP) is 3.01. The molecule has 130 valence electrons. The minimum absolute atomic E-state index is 0.118. The Balaban J connectivity index is 1.64. The molecule has 2 aromatic heterocycles. The molecule has 0 fully saturated rings. The molecule has 0 aliphatic rings. The van der Waals surface area contributed by atoms with E-state index in [1.54, 1.807) is 42.0 Å². The van der Waals surface area contributed by atoms with Crippen LogP contribution in [0.3, 0.4) is 0 Å². The van der Waals surface area contributed by atoms with Crippen LogP contribution in [-0.4, -0.2) is 25.9 Å². The Bertz CT molecular complexity index is 846. The molecule has 1 atom stereocenters. The van der Waals surface area contributed by atoms with Crippen molar-refractivity contribution in [2.75, 3.05) is 0 Å². The summed E-state index contributed by atoms with van der Waals surface area (Å²) in [6.45, 7) is 2.14. The third-order valence-corrected chi connectivity index (χ3v) is 4.74. The molecule has 0 bridgehead atoms. The fourth-order valence-electron chi connectivity index (χ4n) is 2.21. The number of amides is 1. The molecule has 3 aromatic rings. The minimum Gasteiger partial charge on any atom is -0.467 e. The highest BCUT2D eigenvalue weighted by molar-refractivity contribution is 8.00. The Hall–Kier alpha value is -2.61. The van der Waals surface area contributed by atoms with E-state index < -0.39 is 0 Å². The molecule has 25 heavy (non-hydrogen) atoms. The zero-order valence-electron chi connectivity index (χ0n) is 13.8. The van der Waals surface area contributed by atoms with E-state index in [0.29, 0.717) is 23.3 Å². The first-order chi connectivity index (χ1) is 12.0. The molecule has 8 heteroatoms. The number of hydrogen-bond donors (Lipinski definition) is 1. The fourth-order valence-corrected chi connectivity index (χ4v) is 3.05. The van der Waals surface area contributed by atoms with Crippen molar-refractivity contribution in [3.8, 4) is 11.4 Å². The van der Waals surface area contributed by atoms with Crippen LogP contribution in [0.5, 0.6) is 0 Å². The van der Waals surface area contributed by atoms with Crippen LogP contribution in [0.2, 0.25) is 0 Å². The normalized spacial score (nSPS) is 12.1. The van der Waals surface area contributed by atoms with Crippen molar-refractivity contribution in [3.05, 3.63) is 54.2 Å². The standard InChI is InChI=1S/C17H17FN4O2S/c1-11(16(23)19-10-14-4-3-9-24-14)25-17-21-20-15(22(17)2)12-5-7-13(18)8-6-12/h3-9,11H,10H2,1-2H3,(H,19,23)/t11-/m0/s1. The molecule has 1 N–H and O–H groups in total. The van der Waals surface area contributed by atoms with Crippen LogP contribution in [0.4, 0.5) is 4.39 Å². The predicted molar refractivity (Wildman–Crippen MR) is 92.3 cm³/mol. The first kappa shape index (κ1) is 17.2. The average molecular weight is 360 g/mol. The van der Waals surface area contributed by atoms with E-state index in [1.165, 1.54) is 23.9 Å². The van der Waals surface area contributed by atoms with Gasteiger partial charge in [0, 0.05) is 12.6 Å². The SMILES string of the molecule is C[C@H](Sc1nnc(-c2ccc(F)cc2)n1C)C(=O)NCc1ccco1. The van der Waals surface area contributed by atoms with Gasteiger partial charge < -0.3 is 14.3 Å². The van der Waals surface area contributed by atoms with Crippen molar-refractivity contribution < 1.29 is 13.6 Å². The second kappa shape index (κ2) is 7.52. The number of carbonyl (C=O) groups is 1. The molecule has 0 aliphatic carbocycles. The van der Waals surface area contributed by atoms with Crippen molar-refractivity contribution in [2.24, 2.45) is 7.05 Å². The van der Waals surface area contributed by atoms with Gasteiger partial charge in [-0.1, -0.05) is 11.8 Å². The van der Waals surface area contributed by atoms with Gasteiger partial charge in [-0.15, -0.1) is 10.2 Å². The van der Waals surface area contributed by atoms with Gasteiger partial charge in [-0.25, -0.2) is 4.39 Å². The van der Waals surface area contributed by atoms with Crippen molar-refractivity contribution in [2.45, 2.75) is 23.9 Å². The monoisotopic (exact) mass is 360 g/mol. The van der Waals surface area contributed by atoms with Crippen LogP contribution >= 0.6 is 11.8 Å². The summed E-state index contributed by atoms with van der Waals surface area (Å²) in [5.74, 6) is 0.892. The summed E-state index contributed by atoms with van der Waals surface area (Å²) < 4.78 is 20.0. The number of nitrogens with one attached hydrogen (secondary N) is 1. The smallest absolute Gasteiger partial charge is 0.233 e. The van der Waals surface area contributed by atoms with E-state index >= 15 is 0 Å². The molecular formula is C17H17FN4O2S. The second-order valence-electron chi connectivity index (χ2n) is 5.43. The van der Waals surface area contributed by atoms with Crippen LogP contribution in [0.25, 0.3) is 11.4 Å². The van der Waals surface area contributed by atoms with Crippen LogP contribution in [0.1, 0.15) is 12.7 Å². The Morgan fingerprint density at radius 3 is 2.76 bits per heavy atom. The molecule has 0 spiro atoms. The maximum absolute atomic E-state index is 13.0. The summed E-state index contributed by atoms with van der Waals surface area (Å²) in [6, 6.07) is 9.62. The maximum atomic E-state index is 13.0. The Morgan fingerprint density at radius 2 is 2.08 bits per heavy atom. The Kier molecular flexibility index (Phi) is 5.18. The molecule has 2 heterocycles. The van der Waals surface area contributed by atoms with Gasteiger partial charge in [0.05, 0.1) is 18.1 Å². The van der Waals surface area contributed by atoms with E-state index in [4.69, 9.17) is 4.42 Å². The highest BCUT2D eigenvalue weighted by Crippen LogP contribution is 2.25. The van der Waals surface area contributed by atoms with Gasteiger partial charge in [-0.05, 0) is 43.3 Å². The molecule has 0 saturated heterocycles. The van der Waals surface area contributed by atoms with Crippen molar-refractivity contribution in [1.82, 2.24) is 20.1 Å². The molecule has 0 aliphatic heterocycles. The summed E-state index contributed by atoms with van der Waals surface area (Å²) >= 11 is 1.31. The van der Waals surface area contributed by atoms with Crippen molar-refractivity contribution in [1.29, 1.82) is 0 Å². The molecule has 0 saturated carbocycles. The summed E-state index contributed by atoms with van der Waals surface area (Å²) in [7, 11) is 1.81. The van der Waals surface area contributed by atoms with E-state index in [2.05, 4.69) is 15.5 Å². The van der Waals surface area contributed by atoms with E-state index in [1.807, 2.05) is 7.05 Å². The van der Waals surface area contributed by atoms with E-state index in [0.717, 1.165) is 5.56 Å². The Labute approximate surface area is 148 Å². The first-order valence-corrected chi connectivity index (χ1v) is 8.54. The molecule has 0 radical (unpaired) electrons. The van der Waals surface area contributed by atoms with Crippen molar-refractivity contribution >= 4 is 17.7 Å². The lowest BCUT2D eigenvalue weighted by Crippen LogP contribution is -2.30. The van der Waals surface area contributed by atoms with Crippen LogP contribution in [0.15, 0.2) is 52.2 Å². The summed E-state index contributed by atoms with van der Waals surface area (Å²) in [5.41, 5.74) is 0.762. The van der Waals surface area contributed by atoms with E-state index in [-0.39, 0.29) is 17.0 Å².